The van der Waals surface area contributed by atoms with Crippen LogP contribution in [0.1, 0.15) is 50.5 Å². The number of aromatic nitrogens is 1. The molecule has 1 aliphatic heterocycles. The van der Waals surface area contributed by atoms with Gasteiger partial charge in [-0.25, -0.2) is 0 Å². The zero-order chi connectivity index (χ0) is 20.5. The number of hydrogen-bond donors (Lipinski definition) is 0. The highest BCUT2D eigenvalue weighted by atomic mass is 16.5. The summed E-state index contributed by atoms with van der Waals surface area (Å²) < 4.78 is 11.4. The second-order valence-corrected chi connectivity index (χ2v) is 7.82. The Morgan fingerprint density at radius 2 is 1.86 bits per heavy atom. The molecule has 0 saturated heterocycles. The molecule has 2 aromatic carbocycles. The van der Waals surface area contributed by atoms with E-state index in [1.165, 1.54) is 16.7 Å². The van der Waals surface area contributed by atoms with E-state index in [1.54, 1.807) is 0 Å². The molecule has 0 bridgehead atoms. The van der Waals surface area contributed by atoms with Gasteiger partial charge in [-0.3, -0.25) is 4.79 Å². The largest absolute Gasteiger partial charge is 0.488 e. The standard InChI is InChI=1S/C24H26N2O3/c1-15-8-10-22(17(3)12-15)28-14-20-18(4)29-25-23(20)24(27)26-11-5-6-19-13-16(2)7-9-21(19)26/h7-10,12-13H,5-6,11,14H2,1-4H3. The van der Waals surface area contributed by atoms with Crippen LogP contribution in [0, 0.1) is 27.7 Å². The molecule has 5 heteroatoms. The summed E-state index contributed by atoms with van der Waals surface area (Å²) in [6.07, 6.45) is 1.93. The van der Waals surface area contributed by atoms with Gasteiger partial charge in [0.2, 0.25) is 0 Å². The van der Waals surface area contributed by atoms with Crippen LogP contribution < -0.4 is 9.64 Å². The molecule has 2 heterocycles. The zero-order valence-electron chi connectivity index (χ0n) is 17.4. The van der Waals surface area contributed by atoms with Gasteiger partial charge >= 0.3 is 0 Å². The van der Waals surface area contributed by atoms with Gasteiger partial charge in [-0.05, 0) is 63.8 Å². The van der Waals surface area contributed by atoms with Gasteiger partial charge in [-0.1, -0.05) is 40.5 Å². The quantitative estimate of drug-likeness (QED) is 0.623. The summed E-state index contributed by atoms with van der Waals surface area (Å²) in [5, 5.41) is 4.08. The van der Waals surface area contributed by atoms with Crippen molar-refractivity contribution >= 4 is 11.6 Å². The fourth-order valence-electron chi connectivity index (χ4n) is 3.91. The van der Waals surface area contributed by atoms with Gasteiger partial charge in [0.05, 0.1) is 5.56 Å². The molecule has 0 aliphatic carbocycles. The maximum atomic E-state index is 13.4. The molecule has 3 aromatic rings. The predicted octanol–water partition coefficient (Wildman–Crippen LogP) is 5.08. The summed E-state index contributed by atoms with van der Waals surface area (Å²) in [5.74, 6) is 1.28. The van der Waals surface area contributed by atoms with Gasteiger partial charge in [0, 0.05) is 12.2 Å². The second kappa shape index (κ2) is 7.74. The van der Waals surface area contributed by atoms with Gasteiger partial charge in [-0.15, -0.1) is 0 Å². The van der Waals surface area contributed by atoms with Gasteiger partial charge < -0.3 is 14.2 Å². The Morgan fingerprint density at radius 3 is 2.66 bits per heavy atom. The minimum absolute atomic E-state index is 0.133. The first-order valence-electron chi connectivity index (χ1n) is 10.0. The average Bonchev–Trinajstić information content (AvgIpc) is 3.06. The van der Waals surface area contributed by atoms with E-state index >= 15 is 0 Å². The number of nitrogens with zero attached hydrogens (tertiary/aromatic N) is 2. The highest BCUT2D eigenvalue weighted by Crippen LogP contribution is 2.30. The van der Waals surface area contributed by atoms with E-state index in [0.29, 0.717) is 23.6 Å². The molecule has 1 aromatic heterocycles. The van der Waals surface area contributed by atoms with Gasteiger partial charge in [0.25, 0.3) is 5.91 Å². The lowest BCUT2D eigenvalue weighted by Crippen LogP contribution is -2.36. The lowest BCUT2D eigenvalue weighted by Gasteiger charge is -2.29. The molecule has 1 aliphatic rings. The minimum atomic E-state index is -0.133. The lowest BCUT2D eigenvalue weighted by molar-refractivity contribution is 0.0974. The summed E-state index contributed by atoms with van der Waals surface area (Å²) in [7, 11) is 0. The monoisotopic (exact) mass is 390 g/mol. The van der Waals surface area contributed by atoms with Crippen molar-refractivity contribution in [2.45, 2.75) is 47.1 Å². The van der Waals surface area contributed by atoms with Gasteiger partial charge in [0.1, 0.15) is 18.1 Å². The highest BCUT2D eigenvalue weighted by molar-refractivity contribution is 6.06. The Bertz CT molecular complexity index is 1070. The number of benzene rings is 2. The number of hydrogen-bond acceptors (Lipinski definition) is 4. The number of ether oxygens (including phenoxy) is 1. The number of amides is 1. The minimum Gasteiger partial charge on any atom is -0.488 e. The first kappa shape index (κ1) is 19.2. The van der Waals surface area contributed by atoms with Crippen molar-refractivity contribution in [1.82, 2.24) is 5.16 Å². The average molecular weight is 390 g/mol. The fraction of sp³-hybridized carbons (Fsp3) is 0.333. The summed E-state index contributed by atoms with van der Waals surface area (Å²) in [5.41, 5.74) is 6.66. The molecule has 1 amide bonds. The fourth-order valence-corrected chi connectivity index (χ4v) is 3.91. The summed E-state index contributed by atoms with van der Waals surface area (Å²) in [6, 6.07) is 12.3. The van der Waals surface area contributed by atoms with E-state index in [4.69, 9.17) is 9.26 Å². The van der Waals surface area contributed by atoms with Crippen molar-refractivity contribution in [3.8, 4) is 5.75 Å². The van der Waals surface area contributed by atoms with E-state index in [1.807, 2.05) is 43.0 Å². The SMILES string of the molecule is Cc1ccc(OCc2c(C(=O)N3CCCc4cc(C)ccc43)noc2C)c(C)c1. The normalized spacial score (nSPS) is 13.3. The Morgan fingerprint density at radius 1 is 1.10 bits per heavy atom. The number of rotatable bonds is 4. The summed E-state index contributed by atoms with van der Waals surface area (Å²) in [6.45, 7) is 8.88. The number of carbonyl (C=O) groups is 1. The molecule has 0 spiro atoms. The van der Waals surface area contributed by atoms with Crippen molar-refractivity contribution in [3.05, 3.63) is 75.7 Å². The van der Waals surface area contributed by atoms with Crippen molar-refractivity contribution in [1.29, 1.82) is 0 Å². The molecule has 150 valence electrons. The van der Waals surface area contributed by atoms with Crippen molar-refractivity contribution in [2.24, 2.45) is 0 Å². The first-order valence-corrected chi connectivity index (χ1v) is 10.0. The Balaban J connectivity index is 1.60. The smallest absolute Gasteiger partial charge is 0.280 e. The highest BCUT2D eigenvalue weighted by Gasteiger charge is 2.29. The van der Waals surface area contributed by atoms with Crippen LogP contribution in [0.3, 0.4) is 0 Å². The molecule has 0 atom stereocenters. The molecule has 0 fully saturated rings. The number of aryl methyl sites for hydroxylation is 5. The Kier molecular flexibility index (Phi) is 5.14. The molecule has 0 N–H and O–H groups in total. The first-order chi connectivity index (χ1) is 13.9. The Hall–Kier alpha value is -3.08. The van der Waals surface area contributed by atoms with Crippen LogP contribution in [-0.2, 0) is 13.0 Å². The predicted molar refractivity (Wildman–Crippen MR) is 113 cm³/mol. The maximum absolute atomic E-state index is 13.4. The second-order valence-electron chi connectivity index (χ2n) is 7.82. The Labute approximate surface area is 171 Å². The molecular weight excluding hydrogens is 364 g/mol. The third-order valence-corrected chi connectivity index (χ3v) is 5.49. The van der Waals surface area contributed by atoms with Crippen LogP contribution in [0.25, 0.3) is 0 Å². The molecule has 5 nitrogen and oxygen atoms in total. The van der Waals surface area contributed by atoms with E-state index < -0.39 is 0 Å². The van der Waals surface area contributed by atoms with Crippen LogP contribution in [0.2, 0.25) is 0 Å². The van der Waals surface area contributed by atoms with E-state index in [2.05, 4.69) is 31.1 Å². The molecule has 4 rings (SSSR count). The van der Waals surface area contributed by atoms with Crippen LogP contribution in [-0.4, -0.2) is 17.6 Å². The summed E-state index contributed by atoms with van der Waals surface area (Å²) >= 11 is 0. The third-order valence-electron chi connectivity index (χ3n) is 5.49. The van der Waals surface area contributed by atoms with Crippen LogP contribution in [0.4, 0.5) is 5.69 Å². The van der Waals surface area contributed by atoms with Crippen LogP contribution >= 0.6 is 0 Å². The number of anilines is 1. The molecule has 0 saturated carbocycles. The molecular formula is C24H26N2O3. The van der Waals surface area contributed by atoms with Crippen LogP contribution in [0.5, 0.6) is 5.75 Å². The van der Waals surface area contributed by atoms with E-state index in [0.717, 1.165) is 29.8 Å². The van der Waals surface area contributed by atoms with Crippen LogP contribution in [0.15, 0.2) is 40.9 Å². The maximum Gasteiger partial charge on any atom is 0.280 e. The van der Waals surface area contributed by atoms with Gasteiger partial charge in [0.15, 0.2) is 5.69 Å². The van der Waals surface area contributed by atoms with Crippen molar-refractivity contribution in [2.75, 3.05) is 11.4 Å². The van der Waals surface area contributed by atoms with Crippen molar-refractivity contribution < 1.29 is 14.1 Å². The number of carbonyl (C=O) groups excluding carboxylic acids is 1. The van der Waals surface area contributed by atoms with Crippen molar-refractivity contribution in [3.63, 3.8) is 0 Å². The third kappa shape index (κ3) is 3.77. The number of fused-ring (bicyclic) bond motifs is 1. The lowest BCUT2D eigenvalue weighted by atomic mass is 9.99. The topological polar surface area (TPSA) is 55.6 Å². The van der Waals surface area contributed by atoms with Gasteiger partial charge in [-0.2, -0.15) is 0 Å². The molecule has 0 unspecified atom stereocenters. The van der Waals surface area contributed by atoms with E-state index in [-0.39, 0.29) is 12.5 Å². The molecule has 0 radical (unpaired) electrons. The zero-order valence-corrected chi connectivity index (χ0v) is 17.4. The molecule has 29 heavy (non-hydrogen) atoms. The van der Waals surface area contributed by atoms with E-state index in [9.17, 15) is 4.79 Å². The summed E-state index contributed by atoms with van der Waals surface area (Å²) in [4.78, 5) is 15.2.